The Morgan fingerprint density at radius 2 is 1.96 bits per heavy atom. The predicted octanol–water partition coefficient (Wildman–Crippen LogP) is 2.52. The zero-order valence-corrected chi connectivity index (χ0v) is 13.9. The SMILES string of the molecule is Cl.O=C1[C@@H](C2CN3CCC2CC3)NCc2cccc3ccn1c23. The number of hydrogen-bond acceptors (Lipinski definition) is 3. The highest BCUT2D eigenvalue weighted by Crippen LogP contribution is 2.36. The van der Waals surface area contributed by atoms with E-state index in [0.717, 1.165) is 18.6 Å². The minimum absolute atomic E-state index is 0. The fourth-order valence-electron chi connectivity index (χ4n) is 4.78. The number of halogens is 1. The average Bonchev–Trinajstić information content (AvgIpc) is 2.94. The molecule has 2 bridgehead atoms. The molecule has 122 valence electrons. The summed E-state index contributed by atoms with van der Waals surface area (Å²) in [5.74, 6) is 1.40. The molecule has 1 unspecified atom stereocenters. The quantitative estimate of drug-likeness (QED) is 0.872. The standard InChI is InChI=1S/C18H21N3O.ClH/c22-18-16(15-11-20-7-4-12(15)5-8-20)19-10-14-3-1-2-13-6-9-21(18)17(13)14;/h1-3,6,9,12,15-16,19H,4-5,7-8,10-11H2;1H/t15?,16-;/m1./s1. The zero-order chi connectivity index (χ0) is 14.7. The fourth-order valence-corrected chi connectivity index (χ4v) is 4.78. The highest BCUT2D eigenvalue weighted by molar-refractivity contribution is 5.97. The third kappa shape index (κ3) is 2.24. The monoisotopic (exact) mass is 331 g/mol. The van der Waals surface area contributed by atoms with Gasteiger partial charge >= 0.3 is 0 Å². The molecule has 1 aromatic carbocycles. The van der Waals surface area contributed by atoms with Crippen LogP contribution in [0.1, 0.15) is 23.2 Å². The third-order valence-electron chi connectivity index (χ3n) is 5.95. The number of rotatable bonds is 1. The molecular weight excluding hydrogens is 310 g/mol. The summed E-state index contributed by atoms with van der Waals surface area (Å²) in [6.07, 6.45) is 4.46. The Morgan fingerprint density at radius 1 is 1.13 bits per heavy atom. The summed E-state index contributed by atoms with van der Waals surface area (Å²) >= 11 is 0. The Morgan fingerprint density at radius 3 is 2.70 bits per heavy atom. The van der Waals surface area contributed by atoms with Crippen molar-refractivity contribution in [3.8, 4) is 0 Å². The molecule has 4 aliphatic heterocycles. The van der Waals surface area contributed by atoms with Crippen molar-refractivity contribution in [3.05, 3.63) is 36.0 Å². The van der Waals surface area contributed by atoms with Crippen LogP contribution in [0.25, 0.3) is 10.9 Å². The van der Waals surface area contributed by atoms with Crippen LogP contribution >= 0.6 is 12.4 Å². The van der Waals surface area contributed by atoms with Crippen LogP contribution in [0.5, 0.6) is 0 Å². The number of carbonyl (C=O) groups is 1. The summed E-state index contributed by atoms with van der Waals surface area (Å²) in [4.78, 5) is 15.7. The maximum Gasteiger partial charge on any atom is 0.248 e. The number of aromatic nitrogens is 1. The van der Waals surface area contributed by atoms with Gasteiger partial charge in [-0.1, -0.05) is 18.2 Å². The van der Waals surface area contributed by atoms with Gasteiger partial charge in [0.25, 0.3) is 0 Å². The Labute approximate surface area is 142 Å². The summed E-state index contributed by atoms with van der Waals surface area (Å²) in [7, 11) is 0. The molecule has 2 atom stereocenters. The number of nitrogens with one attached hydrogen (secondary N) is 1. The molecular formula is C18H22ClN3O. The van der Waals surface area contributed by atoms with Crippen LogP contribution in [-0.4, -0.2) is 41.1 Å². The second-order valence-corrected chi connectivity index (χ2v) is 7.04. The third-order valence-corrected chi connectivity index (χ3v) is 5.95. The number of carbonyl (C=O) groups excluding carboxylic acids is 1. The minimum atomic E-state index is -0.0453. The van der Waals surface area contributed by atoms with Crippen LogP contribution in [0.15, 0.2) is 30.5 Å². The largest absolute Gasteiger partial charge is 0.303 e. The summed E-state index contributed by atoms with van der Waals surface area (Å²) in [6.45, 7) is 4.31. The van der Waals surface area contributed by atoms with Crippen LogP contribution in [0.2, 0.25) is 0 Å². The lowest BCUT2D eigenvalue weighted by molar-refractivity contribution is 0.0266. The van der Waals surface area contributed by atoms with E-state index in [1.165, 1.54) is 36.9 Å². The van der Waals surface area contributed by atoms with E-state index in [-0.39, 0.29) is 24.4 Å². The number of fused-ring (bicyclic) bond motifs is 3. The van der Waals surface area contributed by atoms with E-state index in [1.807, 2.05) is 10.8 Å². The van der Waals surface area contributed by atoms with Crippen LogP contribution in [0, 0.1) is 11.8 Å². The average molecular weight is 332 g/mol. The Hall–Kier alpha value is -1.36. The number of piperidine rings is 3. The van der Waals surface area contributed by atoms with Crippen molar-refractivity contribution in [1.29, 1.82) is 0 Å². The maximum atomic E-state index is 13.1. The Bertz CT molecular complexity index is 748. The van der Waals surface area contributed by atoms with Gasteiger partial charge in [0, 0.05) is 24.7 Å². The van der Waals surface area contributed by atoms with Crippen molar-refractivity contribution in [2.45, 2.75) is 25.4 Å². The molecule has 2 aromatic rings. The van der Waals surface area contributed by atoms with Crippen molar-refractivity contribution in [2.24, 2.45) is 11.8 Å². The van der Waals surface area contributed by atoms with E-state index in [4.69, 9.17) is 0 Å². The predicted molar refractivity (Wildman–Crippen MR) is 93.1 cm³/mol. The summed E-state index contributed by atoms with van der Waals surface area (Å²) < 4.78 is 1.90. The van der Waals surface area contributed by atoms with Gasteiger partial charge in [0.05, 0.1) is 11.6 Å². The Kier molecular flexibility index (Phi) is 3.71. The van der Waals surface area contributed by atoms with Crippen molar-refractivity contribution >= 4 is 29.2 Å². The van der Waals surface area contributed by atoms with Gasteiger partial charge in [-0.05, 0) is 49.4 Å². The van der Waals surface area contributed by atoms with Gasteiger partial charge < -0.3 is 10.2 Å². The lowest BCUT2D eigenvalue weighted by atomic mass is 9.75. The molecule has 4 aliphatic rings. The topological polar surface area (TPSA) is 37.3 Å². The second-order valence-electron chi connectivity index (χ2n) is 7.04. The molecule has 0 spiro atoms. The van der Waals surface area contributed by atoms with E-state index in [1.54, 1.807) is 0 Å². The zero-order valence-electron chi connectivity index (χ0n) is 13.1. The van der Waals surface area contributed by atoms with Gasteiger partial charge in [0.1, 0.15) is 0 Å². The molecule has 4 nitrogen and oxygen atoms in total. The summed E-state index contributed by atoms with van der Waals surface area (Å²) in [5, 5.41) is 4.75. The molecule has 23 heavy (non-hydrogen) atoms. The van der Waals surface area contributed by atoms with Gasteiger partial charge in [-0.25, -0.2) is 0 Å². The number of nitrogens with zero attached hydrogens (tertiary/aromatic N) is 2. The first-order chi connectivity index (χ1) is 10.8. The van der Waals surface area contributed by atoms with Crippen molar-refractivity contribution in [3.63, 3.8) is 0 Å². The van der Waals surface area contributed by atoms with Crippen molar-refractivity contribution in [2.75, 3.05) is 19.6 Å². The molecule has 3 saturated heterocycles. The minimum Gasteiger partial charge on any atom is -0.303 e. The molecule has 3 fully saturated rings. The first-order valence-corrected chi connectivity index (χ1v) is 8.40. The van der Waals surface area contributed by atoms with Crippen molar-refractivity contribution < 1.29 is 4.79 Å². The van der Waals surface area contributed by atoms with Crippen LogP contribution in [0.3, 0.4) is 0 Å². The molecule has 1 N–H and O–H groups in total. The van der Waals surface area contributed by atoms with E-state index < -0.39 is 0 Å². The highest BCUT2D eigenvalue weighted by Gasteiger charge is 2.42. The number of benzene rings is 1. The normalized spacial score (nSPS) is 32.6. The summed E-state index contributed by atoms with van der Waals surface area (Å²) in [5.41, 5.74) is 2.34. The molecule has 0 saturated carbocycles. The van der Waals surface area contributed by atoms with Crippen LogP contribution < -0.4 is 5.32 Å². The molecule has 5 heteroatoms. The van der Waals surface area contributed by atoms with Gasteiger partial charge in [0.2, 0.25) is 5.91 Å². The van der Waals surface area contributed by atoms with E-state index >= 15 is 0 Å². The van der Waals surface area contributed by atoms with E-state index in [2.05, 4.69) is 34.5 Å². The second kappa shape index (κ2) is 5.62. The van der Waals surface area contributed by atoms with Gasteiger partial charge in [-0.3, -0.25) is 9.36 Å². The number of hydrogen-bond donors (Lipinski definition) is 1. The van der Waals surface area contributed by atoms with Crippen LogP contribution in [0.4, 0.5) is 0 Å². The smallest absolute Gasteiger partial charge is 0.248 e. The highest BCUT2D eigenvalue weighted by atomic mass is 35.5. The van der Waals surface area contributed by atoms with Crippen LogP contribution in [-0.2, 0) is 6.54 Å². The van der Waals surface area contributed by atoms with E-state index in [9.17, 15) is 4.79 Å². The van der Waals surface area contributed by atoms with Gasteiger partial charge in [-0.15, -0.1) is 12.4 Å². The lowest BCUT2D eigenvalue weighted by Crippen LogP contribution is -2.57. The molecule has 1 aromatic heterocycles. The summed E-state index contributed by atoms with van der Waals surface area (Å²) in [6, 6.07) is 8.34. The van der Waals surface area contributed by atoms with Gasteiger partial charge in [-0.2, -0.15) is 0 Å². The number of para-hydroxylation sites is 1. The molecule has 6 rings (SSSR count). The lowest BCUT2D eigenvalue weighted by Gasteiger charge is -2.47. The van der Waals surface area contributed by atoms with E-state index in [0.29, 0.717) is 11.8 Å². The Balaban J connectivity index is 0.00000135. The van der Waals surface area contributed by atoms with Gasteiger partial charge in [0.15, 0.2) is 0 Å². The molecule has 0 aliphatic carbocycles. The first-order valence-electron chi connectivity index (χ1n) is 8.40. The molecule has 0 radical (unpaired) electrons. The maximum absolute atomic E-state index is 13.1. The fraction of sp³-hybridized carbons (Fsp3) is 0.500. The molecule has 5 heterocycles. The van der Waals surface area contributed by atoms with Crippen molar-refractivity contribution in [1.82, 2.24) is 14.8 Å². The first kappa shape index (κ1) is 15.2. The molecule has 0 amide bonds.